The number of anilines is 1. The third-order valence-corrected chi connectivity index (χ3v) is 15.7. The van der Waals surface area contributed by atoms with E-state index in [0.29, 0.717) is 54.7 Å². The van der Waals surface area contributed by atoms with Crippen molar-refractivity contribution < 1.29 is 38.5 Å². The summed E-state index contributed by atoms with van der Waals surface area (Å²) in [4.78, 5) is 61.5. The Morgan fingerprint density at radius 1 is 1.00 bits per heavy atom. The maximum absolute atomic E-state index is 14.2. The number of nitriles is 1. The largest absolute Gasteiger partial charge is 0.489 e. The molecule has 2 saturated heterocycles. The lowest BCUT2D eigenvalue weighted by molar-refractivity contribution is -0.164. The van der Waals surface area contributed by atoms with Crippen LogP contribution in [0.3, 0.4) is 0 Å². The summed E-state index contributed by atoms with van der Waals surface area (Å²) in [5, 5.41) is 32.9. The molecular weight excluding hydrogens is 942 g/mol. The summed E-state index contributed by atoms with van der Waals surface area (Å²) in [6.07, 6.45) is 0.451. The van der Waals surface area contributed by atoms with E-state index in [1.165, 1.54) is 4.90 Å². The van der Waals surface area contributed by atoms with E-state index in [0.717, 1.165) is 33.8 Å². The zero-order chi connectivity index (χ0) is 51.5. The predicted octanol–water partition coefficient (Wildman–Crippen LogP) is 7.85. The number of β-amino-alcohol motifs (C(OH)–C–C–N with tert-alkyl or cyclic N) is 1. The van der Waals surface area contributed by atoms with E-state index < -0.39 is 46.2 Å². The highest BCUT2D eigenvalue weighted by Crippen LogP contribution is 2.55. The molecule has 3 heterocycles. The van der Waals surface area contributed by atoms with Crippen molar-refractivity contribution in [3.8, 4) is 22.3 Å². The Kier molecular flexibility index (Phi) is 16.2. The summed E-state index contributed by atoms with van der Waals surface area (Å²) in [6, 6.07) is 20.0. The highest BCUT2D eigenvalue weighted by atomic mass is 35.5. The van der Waals surface area contributed by atoms with Gasteiger partial charge in [0.15, 0.2) is 0 Å². The van der Waals surface area contributed by atoms with Crippen molar-refractivity contribution in [2.24, 2.45) is 21.7 Å². The molecule has 3 aromatic carbocycles. The Morgan fingerprint density at radius 3 is 2.28 bits per heavy atom. The molecule has 0 radical (unpaired) electrons. The van der Waals surface area contributed by atoms with Crippen molar-refractivity contribution in [1.82, 2.24) is 25.8 Å². The zero-order valence-electron chi connectivity index (χ0n) is 42.2. The van der Waals surface area contributed by atoms with E-state index in [4.69, 9.17) is 25.8 Å². The van der Waals surface area contributed by atoms with Crippen LogP contribution in [0.2, 0.25) is 5.02 Å². The van der Waals surface area contributed by atoms with Crippen LogP contribution in [0.1, 0.15) is 108 Å². The normalized spacial score (nSPS) is 21.6. The van der Waals surface area contributed by atoms with Gasteiger partial charge in [-0.15, -0.1) is 11.3 Å². The minimum Gasteiger partial charge on any atom is -0.489 e. The summed E-state index contributed by atoms with van der Waals surface area (Å²) < 4.78 is 17.9. The van der Waals surface area contributed by atoms with Crippen LogP contribution >= 0.6 is 22.9 Å². The fourth-order valence-electron chi connectivity index (χ4n) is 10.5. The van der Waals surface area contributed by atoms with E-state index >= 15 is 0 Å². The van der Waals surface area contributed by atoms with Crippen molar-refractivity contribution in [1.29, 1.82) is 5.26 Å². The molecule has 1 saturated carbocycles. The molecule has 5 N–H and O–H groups in total. The molecular formula is C54H68ClN7O8S. The number of hydrogen-bond acceptors (Lipinski definition) is 12. The maximum atomic E-state index is 14.2. The van der Waals surface area contributed by atoms with Gasteiger partial charge >= 0.3 is 0 Å². The highest BCUT2D eigenvalue weighted by molar-refractivity contribution is 7.13. The molecule has 4 amide bonds. The SMILES string of the molecule is Cc1ncsc1-c1ccc([C@H](C)NC(=O)C2C[C@@H](O)CN2C(=O)[C@@H](NC(=O)COCCC2(CCNc3ccc(C(=O)NC4C(C)(C)C(Oc5ccc(C#N)c(Cl)c5)C4(C)C)cc3)COC2)C(C)(C)C)cc1. The van der Waals surface area contributed by atoms with E-state index in [9.17, 15) is 29.5 Å². The molecule has 3 fully saturated rings. The molecule has 380 valence electrons. The number of nitrogens with one attached hydrogen (secondary N) is 4. The van der Waals surface area contributed by atoms with Gasteiger partial charge in [0.1, 0.15) is 36.6 Å². The van der Waals surface area contributed by atoms with Gasteiger partial charge in [0.05, 0.1) is 52.0 Å². The zero-order valence-corrected chi connectivity index (χ0v) is 43.8. The summed E-state index contributed by atoms with van der Waals surface area (Å²) in [5.74, 6) is -0.862. The van der Waals surface area contributed by atoms with Crippen LogP contribution in [-0.2, 0) is 23.9 Å². The minimum atomic E-state index is -0.974. The Balaban J connectivity index is 0.841. The van der Waals surface area contributed by atoms with Gasteiger partial charge in [-0.2, -0.15) is 5.26 Å². The van der Waals surface area contributed by atoms with E-state index in [1.807, 2.05) is 76.5 Å². The first-order valence-electron chi connectivity index (χ1n) is 24.3. The first-order chi connectivity index (χ1) is 33.5. The number of hydrogen-bond donors (Lipinski definition) is 5. The Labute approximate surface area is 426 Å². The molecule has 7 rings (SSSR count). The molecule has 1 unspecified atom stereocenters. The predicted molar refractivity (Wildman–Crippen MR) is 274 cm³/mol. The Hall–Kier alpha value is -5.57. The number of halogens is 1. The highest BCUT2D eigenvalue weighted by Gasteiger charge is 2.64. The van der Waals surface area contributed by atoms with Gasteiger partial charge in [0.25, 0.3) is 5.91 Å². The molecule has 0 bridgehead atoms. The van der Waals surface area contributed by atoms with Gasteiger partial charge in [-0.1, -0.05) is 84.3 Å². The fourth-order valence-corrected chi connectivity index (χ4v) is 11.5. The van der Waals surface area contributed by atoms with Crippen LogP contribution in [-0.4, -0.2) is 108 Å². The average molecular weight is 1010 g/mol. The van der Waals surface area contributed by atoms with Gasteiger partial charge in [0.2, 0.25) is 17.7 Å². The van der Waals surface area contributed by atoms with Crippen LogP contribution < -0.4 is 26.0 Å². The molecule has 0 spiro atoms. The topological polar surface area (TPSA) is 204 Å². The van der Waals surface area contributed by atoms with Crippen molar-refractivity contribution in [2.45, 2.75) is 118 Å². The van der Waals surface area contributed by atoms with Crippen LogP contribution in [0, 0.1) is 39.9 Å². The second-order valence-electron chi connectivity index (χ2n) is 21.7. The molecule has 2 aliphatic heterocycles. The lowest BCUT2D eigenvalue weighted by Gasteiger charge is -2.63. The van der Waals surface area contributed by atoms with E-state index in [2.05, 4.69) is 60.0 Å². The quantitative estimate of drug-likeness (QED) is 0.0573. The Bertz CT molecular complexity index is 2590. The van der Waals surface area contributed by atoms with Gasteiger partial charge in [-0.05, 0) is 79.6 Å². The maximum Gasteiger partial charge on any atom is 0.251 e. The lowest BCUT2D eigenvalue weighted by Crippen LogP contribution is -2.74. The smallest absolute Gasteiger partial charge is 0.251 e. The number of carbonyl (C=O) groups excluding carboxylic acids is 4. The number of likely N-dealkylation sites (tertiary alicyclic amines) is 1. The number of aliphatic hydroxyl groups is 1. The molecule has 4 aromatic rings. The first-order valence-corrected chi connectivity index (χ1v) is 25.5. The van der Waals surface area contributed by atoms with Crippen LogP contribution in [0.15, 0.2) is 72.2 Å². The second-order valence-corrected chi connectivity index (χ2v) is 23.0. The number of aromatic nitrogens is 1. The van der Waals surface area contributed by atoms with E-state index in [1.54, 1.807) is 41.7 Å². The number of benzene rings is 3. The fraction of sp³-hybridized carbons (Fsp3) is 0.519. The first kappa shape index (κ1) is 53.2. The minimum absolute atomic E-state index is 0.0233. The molecule has 3 aliphatic rings. The molecule has 71 heavy (non-hydrogen) atoms. The Morgan fingerprint density at radius 2 is 1.69 bits per heavy atom. The number of aryl methyl sites for hydroxylation is 1. The van der Waals surface area contributed by atoms with Gasteiger partial charge in [-0.25, -0.2) is 4.98 Å². The van der Waals surface area contributed by atoms with Gasteiger partial charge in [-0.3, -0.25) is 19.2 Å². The number of aliphatic hydroxyl groups excluding tert-OH is 1. The number of rotatable bonds is 19. The molecule has 4 atom stereocenters. The monoisotopic (exact) mass is 1010 g/mol. The molecule has 1 aliphatic carbocycles. The summed E-state index contributed by atoms with van der Waals surface area (Å²) in [6.45, 7) is 19.5. The molecule has 17 heteroatoms. The summed E-state index contributed by atoms with van der Waals surface area (Å²) >= 11 is 7.83. The third kappa shape index (κ3) is 12.0. The van der Waals surface area contributed by atoms with Crippen molar-refractivity contribution in [3.05, 3.63) is 99.6 Å². The van der Waals surface area contributed by atoms with Crippen LogP contribution in [0.5, 0.6) is 5.75 Å². The summed E-state index contributed by atoms with van der Waals surface area (Å²) in [7, 11) is 0. The molecule has 1 aromatic heterocycles. The second kappa shape index (κ2) is 21.6. The van der Waals surface area contributed by atoms with Crippen LogP contribution in [0.25, 0.3) is 10.4 Å². The van der Waals surface area contributed by atoms with Crippen molar-refractivity contribution in [2.75, 3.05) is 44.8 Å². The number of nitrogens with zero attached hydrogens (tertiary/aromatic N) is 3. The van der Waals surface area contributed by atoms with Gasteiger partial charge < -0.3 is 45.5 Å². The van der Waals surface area contributed by atoms with Crippen molar-refractivity contribution >= 4 is 52.3 Å². The third-order valence-electron chi connectivity index (χ3n) is 14.4. The van der Waals surface area contributed by atoms with Gasteiger partial charge in [0, 0.05) is 65.7 Å². The number of amides is 4. The van der Waals surface area contributed by atoms with Crippen LogP contribution in [0.4, 0.5) is 5.69 Å². The average Bonchev–Trinajstić information content (AvgIpc) is 3.93. The van der Waals surface area contributed by atoms with Crippen molar-refractivity contribution in [3.63, 3.8) is 0 Å². The number of ether oxygens (including phenoxy) is 3. The number of carbonyl (C=O) groups is 4. The summed E-state index contributed by atoms with van der Waals surface area (Å²) in [5.41, 5.74) is 4.90. The molecule has 15 nitrogen and oxygen atoms in total. The standard InChI is InChI=1S/C54H68ClN7O8S/c1-32(34-10-12-35(13-11-34)44-33(2)58-31-71-44)59-47(66)42-24-39(63)27-62(42)48(67)45(51(3,4)5)60-43(64)28-68-23-21-54(29-69-30-54)20-22-57-38-17-14-36(15-18-38)46(65)61-49-52(6,7)50(53(49,8)9)70-40-19-16-37(26-56)41(55)25-40/h10-19,25,31-32,39,42,45,49-50,57,63H,20-24,27-30H2,1-9H3,(H,59,66)(H,60,64)(H,61,65)/t32-,39+,42?,45+,49?,50?/m0/s1. The number of thiazole rings is 1. The van der Waals surface area contributed by atoms with E-state index in [-0.39, 0.29) is 55.0 Å². The lowest BCUT2D eigenvalue weighted by atomic mass is 9.49.